The van der Waals surface area contributed by atoms with Crippen LogP contribution in [0.2, 0.25) is 0 Å². The van der Waals surface area contributed by atoms with E-state index >= 15 is 0 Å². The summed E-state index contributed by atoms with van der Waals surface area (Å²) >= 11 is 1.65. The van der Waals surface area contributed by atoms with Crippen molar-refractivity contribution in [1.29, 1.82) is 0 Å². The highest BCUT2D eigenvalue weighted by Gasteiger charge is 2.28. The van der Waals surface area contributed by atoms with Crippen LogP contribution < -0.4 is 4.90 Å². The van der Waals surface area contributed by atoms with Gasteiger partial charge in [0.05, 0.1) is 11.9 Å². The van der Waals surface area contributed by atoms with Crippen LogP contribution in [0.15, 0.2) is 65.6 Å². The summed E-state index contributed by atoms with van der Waals surface area (Å²) < 4.78 is 0. The Labute approximate surface area is 141 Å². The maximum Gasteiger partial charge on any atom is 0.253 e. The number of amides is 1. The highest BCUT2D eigenvalue weighted by molar-refractivity contribution is 8.08. The van der Waals surface area contributed by atoms with Gasteiger partial charge in [0, 0.05) is 15.9 Å². The molecule has 3 rings (SSSR count). The molecule has 0 saturated carbocycles. The lowest BCUT2D eigenvalue weighted by Crippen LogP contribution is -2.46. The van der Waals surface area contributed by atoms with Gasteiger partial charge in [-0.1, -0.05) is 54.2 Å². The largest absolute Gasteiger partial charge is 0.292 e. The second kappa shape index (κ2) is 6.60. The van der Waals surface area contributed by atoms with Gasteiger partial charge in [0.2, 0.25) is 0 Å². The average Bonchev–Trinajstić information content (AvgIpc) is 2.70. The molecular formula is C19H20N2OS. The van der Waals surface area contributed by atoms with Crippen LogP contribution in [-0.4, -0.2) is 31.1 Å². The molecule has 0 aromatic heterocycles. The van der Waals surface area contributed by atoms with E-state index in [1.165, 1.54) is 0 Å². The molecule has 3 nitrogen and oxygen atoms in total. The molecule has 1 amide bonds. The quantitative estimate of drug-likeness (QED) is 0.850. The van der Waals surface area contributed by atoms with E-state index < -0.39 is 0 Å². The number of carbonyl (C=O) groups excluding carboxylic acids is 1. The monoisotopic (exact) mass is 324 g/mol. The molecule has 0 fully saturated rings. The van der Waals surface area contributed by atoms with Crippen molar-refractivity contribution in [2.45, 2.75) is 18.0 Å². The minimum absolute atomic E-state index is 0.0162. The number of thioether (sulfide) groups is 1. The van der Waals surface area contributed by atoms with Crippen molar-refractivity contribution >= 4 is 28.3 Å². The lowest BCUT2D eigenvalue weighted by atomic mass is 10.2. The van der Waals surface area contributed by atoms with E-state index in [1.54, 1.807) is 17.8 Å². The van der Waals surface area contributed by atoms with Gasteiger partial charge in [-0.25, -0.2) is 0 Å². The number of anilines is 1. The summed E-state index contributed by atoms with van der Waals surface area (Å²) in [6.45, 7) is 2.04. The first-order chi connectivity index (χ1) is 11.1. The third-order valence-corrected chi connectivity index (χ3v) is 5.15. The molecule has 23 heavy (non-hydrogen) atoms. The number of benzene rings is 2. The number of carbonyl (C=O) groups is 1. The molecule has 0 spiro atoms. The molecule has 118 valence electrons. The summed E-state index contributed by atoms with van der Waals surface area (Å²) in [7, 11) is 3.97. The topological polar surface area (TPSA) is 23.6 Å². The van der Waals surface area contributed by atoms with E-state index in [4.69, 9.17) is 0 Å². The molecule has 0 aliphatic carbocycles. The normalized spacial score (nSPS) is 15.9. The van der Waals surface area contributed by atoms with Crippen molar-refractivity contribution < 1.29 is 4.79 Å². The van der Waals surface area contributed by atoms with Crippen LogP contribution in [-0.2, 0) is 4.79 Å². The van der Waals surface area contributed by atoms with E-state index in [9.17, 15) is 4.79 Å². The fraction of sp³-hybridized carbons (Fsp3) is 0.211. The third-order valence-electron chi connectivity index (χ3n) is 4.02. The fourth-order valence-corrected chi connectivity index (χ4v) is 3.62. The Morgan fingerprint density at radius 1 is 1.00 bits per heavy atom. The summed E-state index contributed by atoms with van der Waals surface area (Å²) in [5.74, 6) is 0.0162. The summed E-state index contributed by atoms with van der Waals surface area (Å²) in [5.41, 5.74) is 2.03. The second-order valence-corrected chi connectivity index (χ2v) is 6.83. The molecular weight excluding hydrogens is 304 g/mol. The first kappa shape index (κ1) is 15.8. The van der Waals surface area contributed by atoms with Crippen LogP contribution in [0.3, 0.4) is 0 Å². The van der Waals surface area contributed by atoms with Crippen LogP contribution in [0.4, 0.5) is 5.69 Å². The Balaban J connectivity index is 2.11. The van der Waals surface area contributed by atoms with Crippen LogP contribution >= 0.6 is 11.8 Å². The molecule has 1 heterocycles. The maximum absolute atomic E-state index is 12.9. The molecule has 1 unspecified atom stereocenters. The maximum atomic E-state index is 12.9. The zero-order valence-electron chi connectivity index (χ0n) is 13.6. The lowest BCUT2D eigenvalue weighted by Gasteiger charge is -2.33. The number of hydrogen-bond donors (Lipinski definition) is 0. The summed E-state index contributed by atoms with van der Waals surface area (Å²) in [6.07, 6.45) is 1.73. The van der Waals surface area contributed by atoms with Crippen molar-refractivity contribution in [3.8, 4) is 0 Å². The van der Waals surface area contributed by atoms with Gasteiger partial charge < -0.3 is 0 Å². The first-order valence-electron chi connectivity index (χ1n) is 7.61. The van der Waals surface area contributed by atoms with Crippen LogP contribution in [0.1, 0.15) is 12.5 Å². The van der Waals surface area contributed by atoms with Crippen LogP contribution in [0, 0.1) is 0 Å². The molecule has 2 aromatic carbocycles. The van der Waals surface area contributed by atoms with Gasteiger partial charge >= 0.3 is 0 Å². The third kappa shape index (κ3) is 3.19. The minimum atomic E-state index is -0.0179. The van der Waals surface area contributed by atoms with Crippen molar-refractivity contribution in [3.63, 3.8) is 0 Å². The molecule has 0 saturated heterocycles. The zero-order valence-corrected chi connectivity index (χ0v) is 14.4. The van der Waals surface area contributed by atoms with E-state index in [2.05, 4.69) is 6.07 Å². The molecule has 1 atom stereocenters. The highest BCUT2D eigenvalue weighted by Crippen LogP contribution is 2.42. The molecule has 4 heteroatoms. The lowest BCUT2D eigenvalue weighted by molar-refractivity contribution is -0.115. The van der Waals surface area contributed by atoms with Crippen molar-refractivity contribution in [1.82, 2.24) is 4.90 Å². The Morgan fingerprint density at radius 3 is 2.35 bits per heavy atom. The number of nitrogens with zero attached hydrogens (tertiary/aromatic N) is 2. The summed E-state index contributed by atoms with van der Waals surface area (Å²) in [4.78, 5) is 18.9. The van der Waals surface area contributed by atoms with Gasteiger partial charge in [0.25, 0.3) is 5.91 Å². The van der Waals surface area contributed by atoms with E-state index in [-0.39, 0.29) is 12.1 Å². The van der Waals surface area contributed by atoms with Gasteiger partial charge in [-0.3, -0.25) is 14.6 Å². The number of para-hydroxylation sites is 1. The minimum Gasteiger partial charge on any atom is -0.292 e. The number of rotatable bonds is 3. The van der Waals surface area contributed by atoms with E-state index in [0.717, 1.165) is 21.1 Å². The van der Waals surface area contributed by atoms with Crippen molar-refractivity contribution in [2.75, 3.05) is 19.0 Å². The van der Waals surface area contributed by atoms with E-state index in [1.807, 2.05) is 79.3 Å². The van der Waals surface area contributed by atoms with Crippen LogP contribution in [0.5, 0.6) is 0 Å². The first-order valence-corrected chi connectivity index (χ1v) is 8.43. The van der Waals surface area contributed by atoms with Gasteiger partial charge in [0.1, 0.15) is 0 Å². The summed E-state index contributed by atoms with van der Waals surface area (Å²) in [6, 6.07) is 18.2. The van der Waals surface area contributed by atoms with Crippen LogP contribution in [0.25, 0.3) is 4.91 Å². The predicted molar refractivity (Wildman–Crippen MR) is 97.4 cm³/mol. The Morgan fingerprint density at radius 2 is 1.65 bits per heavy atom. The predicted octanol–water partition coefficient (Wildman–Crippen LogP) is 4.07. The summed E-state index contributed by atoms with van der Waals surface area (Å²) in [5, 5.41) is 0. The zero-order chi connectivity index (χ0) is 16.4. The highest BCUT2D eigenvalue weighted by atomic mass is 32.2. The Kier molecular flexibility index (Phi) is 4.55. The average molecular weight is 324 g/mol. The SMILES string of the molecule is CC(N(C)C)N1C(=O)C=C(c2ccccc2)Sc2ccccc21. The van der Waals surface area contributed by atoms with Gasteiger partial charge in [0.15, 0.2) is 0 Å². The Bertz CT molecular complexity index is 740. The molecule has 1 aliphatic rings. The van der Waals surface area contributed by atoms with E-state index in [0.29, 0.717) is 0 Å². The number of fused-ring (bicyclic) bond motifs is 1. The van der Waals surface area contributed by atoms with Gasteiger partial charge in [-0.2, -0.15) is 0 Å². The molecule has 2 aromatic rings. The van der Waals surface area contributed by atoms with Crippen molar-refractivity contribution in [2.24, 2.45) is 0 Å². The standard InChI is InChI=1S/C19H20N2OS/c1-14(20(2)3)21-16-11-7-8-12-17(16)23-18(13-19(21)22)15-9-5-4-6-10-15/h4-14H,1-3H3. The molecule has 0 radical (unpaired) electrons. The molecule has 1 aliphatic heterocycles. The van der Waals surface area contributed by atoms with Gasteiger partial charge in [-0.05, 0) is 38.7 Å². The van der Waals surface area contributed by atoms with Crippen molar-refractivity contribution in [3.05, 3.63) is 66.2 Å². The number of hydrogen-bond acceptors (Lipinski definition) is 3. The van der Waals surface area contributed by atoms with Gasteiger partial charge in [-0.15, -0.1) is 0 Å². The molecule has 0 N–H and O–H groups in total. The Hall–Kier alpha value is -2.04. The second-order valence-electron chi connectivity index (χ2n) is 5.75. The molecule has 0 bridgehead atoms. The smallest absolute Gasteiger partial charge is 0.253 e. The fourth-order valence-electron chi connectivity index (χ4n) is 2.55.